The smallest absolute Gasteiger partial charge is 0.331 e. The number of ether oxygens (including phenoxy) is 4. The summed E-state index contributed by atoms with van der Waals surface area (Å²) in [4.78, 5) is 37.4. The van der Waals surface area contributed by atoms with Crippen molar-refractivity contribution in [2.75, 3.05) is 6.61 Å². The molecule has 2 aliphatic carbocycles. The molecule has 208 valence electrons. The van der Waals surface area contributed by atoms with E-state index in [4.69, 9.17) is 18.9 Å². The highest BCUT2D eigenvalue weighted by atomic mass is 16.6. The number of fused-ring (bicyclic) bond motifs is 1. The maximum absolute atomic E-state index is 12.8. The van der Waals surface area contributed by atoms with Gasteiger partial charge in [-0.1, -0.05) is 32.9 Å². The number of carbonyl (C=O) groups excluding carboxylic acids is 3. The van der Waals surface area contributed by atoms with Crippen LogP contribution in [0.4, 0.5) is 0 Å². The Morgan fingerprint density at radius 1 is 1.16 bits per heavy atom. The minimum absolute atomic E-state index is 0.337. The maximum atomic E-state index is 12.8. The predicted octanol–water partition coefficient (Wildman–Crippen LogP) is 2.72. The van der Waals surface area contributed by atoms with E-state index in [2.05, 4.69) is 6.58 Å². The summed E-state index contributed by atoms with van der Waals surface area (Å²) in [7, 11) is 0. The van der Waals surface area contributed by atoms with Crippen molar-refractivity contribution in [3.63, 3.8) is 0 Å². The van der Waals surface area contributed by atoms with Gasteiger partial charge in [-0.2, -0.15) is 0 Å². The molecule has 37 heavy (non-hydrogen) atoms. The van der Waals surface area contributed by atoms with E-state index in [9.17, 15) is 24.6 Å². The van der Waals surface area contributed by atoms with Crippen LogP contribution in [-0.4, -0.2) is 70.8 Å². The van der Waals surface area contributed by atoms with Crippen LogP contribution < -0.4 is 0 Å². The molecule has 9 nitrogen and oxygen atoms in total. The first-order chi connectivity index (χ1) is 17.3. The van der Waals surface area contributed by atoms with E-state index < -0.39 is 83.6 Å². The van der Waals surface area contributed by atoms with Gasteiger partial charge in [0.15, 0.2) is 0 Å². The summed E-state index contributed by atoms with van der Waals surface area (Å²) in [5.74, 6) is -4.45. The second-order valence-electron chi connectivity index (χ2n) is 11.1. The number of aliphatic hydroxyl groups is 2. The van der Waals surface area contributed by atoms with E-state index >= 15 is 0 Å². The normalized spacial score (nSPS) is 38.8. The topological polar surface area (TPSA) is 132 Å². The highest BCUT2D eigenvalue weighted by Gasteiger charge is 2.68. The van der Waals surface area contributed by atoms with Gasteiger partial charge in [-0.15, -0.1) is 0 Å². The Bertz CT molecular complexity index is 936. The molecule has 3 fully saturated rings. The van der Waals surface area contributed by atoms with E-state index in [0.717, 1.165) is 5.57 Å². The van der Waals surface area contributed by atoms with Gasteiger partial charge < -0.3 is 29.2 Å². The molecule has 11 atom stereocenters. The Hall–Kier alpha value is -2.23. The number of hydrogen-bond donors (Lipinski definition) is 2. The van der Waals surface area contributed by atoms with Crippen molar-refractivity contribution in [3.8, 4) is 0 Å². The molecule has 9 heteroatoms. The maximum Gasteiger partial charge on any atom is 0.331 e. The average molecular weight is 523 g/mol. The SMILES string of the molecule is C=C1C(OC(=O)/C=C(\C)CC)C(O)C(C2(C)CO2)C2C1C(O)C(OC(=O)C(C)CC)C2C(C)OC(C)=O. The lowest BCUT2D eigenvalue weighted by atomic mass is 9.61. The van der Waals surface area contributed by atoms with Crippen LogP contribution in [0, 0.1) is 29.6 Å². The predicted molar refractivity (Wildman–Crippen MR) is 134 cm³/mol. The van der Waals surface area contributed by atoms with Gasteiger partial charge in [-0.3, -0.25) is 9.59 Å². The molecule has 1 heterocycles. The Morgan fingerprint density at radius 3 is 2.30 bits per heavy atom. The fraction of sp³-hybridized carbons (Fsp3) is 0.750. The number of hydrogen-bond acceptors (Lipinski definition) is 9. The van der Waals surface area contributed by atoms with Gasteiger partial charge in [-0.25, -0.2) is 4.79 Å². The second kappa shape index (κ2) is 11.3. The number of allylic oxidation sites excluding steroid dienone is 1. The number of rotatable bonds is 9. The lowest BCUT2D eigenvalue weighted by Crippen LogP contribution is -2.56. The fourth-order valence-electron chi connectivity index (χ4n) is 6.04. The van der Waals surface area contributed by atoms with E-state index in [1.807, 2.05) is 27.7 Å². The van der Waals surface area contributed by atoms with E-state index in [1.165, 1.54) is 13.0 Å². The lowest BCUT2D eigenvalue weighted by molar-refractivity contribution is -0.170. The first-order valence-corrected chi connectivity index (χ1v) is 13.2. The van der Waals surface area contributed by atoms with Crippen LogP contribution >= 0.6 is 0 Å². The molecular formula is C28H42O9. The Morgan fingerprint density at radius 2 is 1.78 bits per heavy atom. The largest absolute Gasteiger partial charge is 0.462 e. The van der Waals surface area contributed by atoms with Gasteiger partial charge in [0.2, 0.25) is 0 Å². The van der Waals surface area contributed by atoms with Crippen molar-refractivity contribution in [2.45, 2.75) is 97.4 Å². The molecular weight excluding hydrogens is 480 g/mol. The third-order valence-corrected chi connectivity index (χ3v) is 8.46. The standard InChI is InChI=1S/C28H42O9/c1-9-13(3)11-18(30)36-25-15(5)19-21(22(24(25)32)28(8)12-34-28)20(16(6)35-17(7)29)26(23(19)31)37-27(33)14(4)10-2/h11,14,16,19-26,31-32H,5,9-10,12H2,1-4,6-8H3/b13-11+. The zero-order valence-corrected chi connectivity index (χ0v) is 22.9. The van der Waals surface area contributed by atoms with Gasteiger partial charge in [0, 0.05) is 30.8 Å². The average Bonchev–Trinajstić information content (AvgIpc) is 3.50. The number of carbonyl (C=O) groups is 3. The lowest BCUT2D eigenvalue weighted by Gasteiger charge is -2.47. The molecule has 1 saturated heterocycles. The number of aliphatic hydroxyl groups excluding tert-OH is 2. The summed E-state index contributed by atoms with van der Waals surface area (Å²) < 4.78 is 22.9. The summed E-state index contributed by atoms with van der Waals surface area (Å²) in [5.41, 5.74) is 0.399. The molecule has 0 aromatic heterocycles. The second-order valence-corrected chi connectivity index (χ2v) is 11.1. The first kappa shape index (κ1) is 29.3. The molecule has 0 amide bonds. The van der Waals surface area contributed by atoms with Gasteiger partial charge in [0.25, 0.3) is 0 Å². The van der Waals surface area contributed by atoms with Crippen molar-refractivity contribution in [2.24, 2.45) is 29.6 Å². The highest BCUT2D eigenvalue weighted by Crippen LogP contribution is 2.59. The summed E-state index contributed by atoms with van der Waals surface area (Å²) in [5, 5.41) is 23.2. The molecule has 2 saturated carbocycles. The first-order valence-electron chi connectivity index (χ1n) is 13.2. The highest BCUT2D eigenvalue weighted by molar-refractivity contribution is 5.83. The number of esters is 3. The molecule has 0 radical (unpaired) electrons. The summed E-state index contributed by atoms with van der Waals surface area (Å²) in [6.45, 7) is 16.7. The van der Waals surface area contributed by atoms with Crippen LogP contribution in [0.5, 0.6) is 0 Å². The summed E-state index contributed by atoms with van der Waals surface area (Å²) >= 11 is 0. The Balaban J connectivity index is 2.05. The van der Waals surface area contributed by atoms with Crippen LogP contribution in [0.15, 0.2) is 23.8 Å². The quantitative estimate of drug-likeness (QED) is 0.154. The van der Waals surface area contributed by atoms with Gasteiger partial charge in [0.1, 0.15) is 24.4 Å². The Labute approximate surface area is 219 Å². The minimum atomic E-state index is -1.21. The van der Waals surface area contributed by atoms with Crippen LogP contribution in [0.2, 0.25) is 0 Å². The van der Waals surface area contributed by atoms with Crippen LogP contribution in [-0.2, 0) is 33.3 Å². The minimum Gasteiger partial charge on any atom is -0.462 e. The van der Waals surface area contributed by atoms with Crippen molar-refractivity contribution >= 4 is 17.9 Å². The molecule has 3 aliphatic rings. The summed E-state index contributed by atoms with van der Waals surface area (Å²) in [6, 6.07) is 0. The molecule has 0 aromatic rings. The van der Waals surface area contributed by atoms with Gasteiger partial charge in [-0.05, 0) is 45.1 Å². The van der Waals surface area contributed by atoms with E-state index in [-0.39, 0.29) is 0 Å². The zero-order valence-electron chi connectivity index (χ0n) is 22.9. The molecule has 3 rings (SSSR count). The number of epoxide rings is 1. The van der Waals surface area contributed by atoms with Crippen molar-refractivity contribution in [1.29, 1.82) is 0 Å². The van der Waals surface area contributed by atoms with E-state index in [1.54, 1.807) is 13.8 Å². The fourth-order valence-corrected chi connectivity index (χ4v) is 6.04. The van der Waals surface area contributed by atoms with Crippen molar-refractivity contribution in [3.05, 3.63) is 23.8 Å². The third kappa shape index (κ3) is 5.78. The zero-order chi connectivity index (χ0) is 27.8. The third-order valence-electron chi connectivity index (χ3n) is 8.46. The molecule has 2 N–H and O–H groups in total. The summed E-state index contributed by atoms with van der Waals surface area (Å²) in [6.07, 6.45) is -2.65. The molecule has 0 aromatic carbocycles. The molecule has 0 spiro atoms. The molecule has 0 bridgehead atoms. The van der Waals surface area contributed by atoms with E-state index in [0.29, 0.717) is 25.0 Å². The van der Waals surface area contributed by atoms with Gasteiger partial charge >= 0.3 is 17.9 Å². The van der Waals surface area contributed by atoms with Gasteiger partial charge in [0.05, 0.1) is 24.2 Å². The van der Waals surface area contributed by atoms with Crippen LogP contribution in [0.1, 0.15) is 61.3 Å². The monoisotopic (exact) mass is 522 g/mol. The van der Waals surface area contributed by atoms with Crippen molar-refractivity contribution in [1.82, 2.24) is 0 Å². The van der Waals surface area contributed by atoms with Crippen LogP contribution in [0.3, 0.4) is 0 Å². The van der Waals surface area contributed by atoms with Crippen LogP contribution in [0.25, 0.3) is 0 Å². The molecule has 11 unspecified atom stereocenters. The Kier molecular flexibility index (Phi) is 8.92. The molecule has 1 aliphatic heterocycles. The van der Waals surface area contributed by atoms with Crippen molar-refractivity contribution < 1.29 is 43.5 Å².